The largest absolute Gasteiger partial charge is 0.0651 e. The molecule has 63 heavy (non-hydrogen) atoms. The maximum absolute atomic E-state index is 7.97. The molecule has 0 nitrogen and oxygen atoms in total. The quantitative estimate of drug-likeness (QED) is 0.239. The summed E-state index contributed by atoms with van der Waals surface area (Å²) in [5, 5.41) is 0. The first-order chi connectivity index (χ1) is 34.9. The van der Waals surface area contributed by atoms with Gasteiger partial charge in [0.05, 0.1) is 0 Å². The fraction of sp³-hybridized carbons (Fsp3) is 1.00. The second-order valence-electron chi connectivity index (χ2n) is 24.3. The van der Waals surface area contributed by atoms with Gasteiger partial charge >= 0.3 is 0 Å². The second kappa shape index (κ2) is 26.1. The van der Waals surface area contributed by atoms with Crippen molar-refractivity contribution in [3.8, 4) is 0 Å². The third kappa shape index (κ3) is 13.8. The molecule has 16 saturated carbocycles. The Labute approximate surface area is 413 Å². The van der Waals surface area contributed by atoms with Gasteiger partial charge in [-0.25, -0.2) is 0 Å². The normalized spacial score (nSPS) is 48.9. The van der Waals surface area contributed by atoms with Crippen LogP contribution in [0.3, 0.4) is 0 Å². The van der Waals surface area contributed by atoms with Gasteiger partial charge in [-0.3, -0.25) is 0 Å². The molecule has 0 heteroatoms. The van der Waals surface area contributed by atoms with Gasteiger partial charge in [-0.2, -0.15) is 0 Å². The zero-order valence-electron chi connectivity index (χ0n) is 54.9. The van der Waals surface area contributed by atoms with Gasteiger partial charge in [-0.1, -0.05) is 170 Å². The standard InChI is InChI=1S/C12H20.C10H18.2C9H16.C8H14.C8H16.C7H14/c1-2-12-10-4-8-3-9(6-10)7-11(12)5-8;1-2-9-7-8-3-5-10(9)6-4-8;1-2-8-5-7-3-4-9(8)6-7;1-2-9-7-3-4-8(9)6-5-7;1-2-8-6-3-4-7(8)5-6;1-2-8-6-4-3-5-7-8;1-2-7-5-3-4-6-7/h8-12H,2-7H2,1H3;8-10H,2-7H2,1H3;2*7-9H,2-6H2,1H3;6-8H,2-5H2,1H3;8H,2-7H2,1H3;7H,2-6H2,1H3/i5*2D2;8D;7D. The average Bonchev–Trinajstić information content (AvgIpc) is 4.20. The molecule has 366 valence electrons. The minimum absolute atomic E-state index is 0.0139. The molecule has 16 rings (SSSR count). The Morgan fingerprint density at radius 2 is 0.651 bits per heavy atom. The van der Waals surface area contributed by atoms with E-state index in [9.17, 15) is 0 Å². The third-order valence-electron chi connectivity index (χ3n) is 21.0. The van der Waals surface area contributed by atoms with Crippen LogP contribution in [-0.4, -0.2) is 0 Å². The van der Waals surface area contributed by atoms with E-state index in [-0.39, 0.29) is 11.8 Å². The van der Waals surface area contributed by atoms with Crippen LogP contribution < -0.4 is 0 Å². The van der Waals surface area contributed by atoms with Crippen LogP contribution in [0.4, 0.5) is 0 Å². The van der Waals surface area contributed by atoms with Crippen LogP contribution in [-0.2, 0) is 0 Å². The van der Waals surface area contributed by atoms with Gasteiger partial charge < -0.3 is 0 Å². The lowest BCUT2D eigenvalue weighted by Gasteiger charge is -2.54. The third-order valence-corrected chi connectivity index (χ3v) is 21.0. The van der Waals surface area contributed by atoms with E-state index in [0.29, 0.717) is 35.5 Å². The number of rotatable bonds is 7. The van der Waals surface area contributed by atoms with Crippen LogP contribution in [0, 0.1) is 112 Å². The molecule has 0 aromatic rings. The molecule has 0 radical (unpaired) electrons. The van der Waals surface area contributed by atoms with E-state index in [1.807, 2.05) is 0 Å². The molecule has 6 atom stereocenters. The highest BCUT2D eigenvalue weighted by Crippen LogP contribution is 2.58. The number of hydrogen-bond acceptors (Lipinski definition) is 0. The molecule has 0 saturated heterocycles. The Morgan fingerprint density at radius 3 is 0.952 bits per heavy atom. The smallest absolute Gasteiger partial charge is 0.0303 e. The van der Waals surface area contributed by atoms with Crippen molar-refractivity contribution in [1.29, 1.82) is 0 Å². The van der Waals surface area contributed by atoms with Crippen LogP contribution >= 0.6 is 0 Å². The van der Waals surface area contributed by atoms with Crippen molar-refractivity contribution >= 4 is 0 Å². The fourth-order valence-electron chi connectivity index (χ4n) is 17.4. The summed E-state index contributed by atoms with van der Waals surface area (Å²) in [6, 6.07) is 0. The van der Waals surface area contributed by atoms with Crippen molar-refractivity contribution in [2.24, 2.45) is 112 Å². The topological polar surface area (TPSA) is 0 Å². The summed E-state index contributed by atoms with van der Waals surface area (Å²) in [5.74, 6) is 11.4. The Kier molecular flexibility index (Phi) is 15.3. The van der Waals surface area contributed by atoms with Crippen molar-refractivity contribution in [3.63, 3.8) is 0 Å². The molecule has 0 spiro atoms. The summed E-state index contributed by atoms with van der Waals surface area (Å²) in [7, 11) is 0. The Bertz CT molecular complexity index is 1650. The van der Waals surface area contributed by atoms with Crippen molar-refractivity contribution in [3.05, 3.63) is 0 Å². The summed E-state index contributed by atoms with van der Waals surface area (Å²) in [6.07, 6.45) is 36.1. The Hall–Kier alpha value is 0. The van der Waals surface area contributed by atoms with Crippen LogP contribution in [0.5, 0.6) is 0 Å². The summed E-state index contributed by atoms with van der Waals surface area (Å²) >= 11 is 0. The molecule has 0 aromatic carbocycles. The highest BCUT2D eigenvalue weighted by Gasteiger charge is 2.47. The lowest BCUT2D eigenvalue weighted by molar-refractivity contribution is -0.0376. The van der Waals surface area contributed by atoms with Gasteiger partial charge in [-0.15, -0.1) is 0 Å². The highest BCUT2D eigenvalue weighted by molar-refractivity contribution is 4.98. The summed E-state index contributed by atoms with van der Waals surface area (Å²) in [5.41, 5.74) is 0. The van der Waals surface area contributed by atoms with E-state index < -0.39 is 31.9 Å². The predicted octanol–water partition coefficient (Wildman–Crippen LogP) is 20.4. The molecule has 16 fully saturated rings. The van der Waals surface area contributed by atoms with E-state index in [2.05, 4.69) is 13.8 Å². The summed E-state index contributed by atoms with van der Waals surface area (Å²) in [6.45, 7) is 13.1. The van der Waals surface area contributed by atoms with Crippen LogP contribution in [0.25, 0.3) is 0 Å². The molecular weight excluding hydrogens is 757 g/mol. The molecule has 0 aromatic heterocycles. The van der Waals surface area contributed by atoms with Crippen molar-refractivity contribution in [2.75, 3.05) is 0 Å². The molecule has 16 aliphatic carbocycles. The molecule has 12 bridgehead atoms. The van der Waals surface area contributed by atoms with Gasteiger partial charge in [0.2, 0.25) is 0 Å². The van der Waals surface area contributed by atoms with Crippen LogP contribution in [0.1, 0.15) is 302 Å². The maximum Gasteiger partial charge on any atom is 0.0303 e. The zero-order valence-corrected chi connectivity index (χ0v) is 42.9. The first kappa shape index (κ1) is 36.9. The minimum atomic E-state index is -0.928. The van der Waals surface area contributed by atoms with Crippen molar-refractivity contribution < 1.29 is 16.4 Å². The van der Waals surface area contributed by atoms with Gasteiger partial charge in [0.25, 0.3) is 0 Å². The lowest BCUT2D eigenvalue weighted by Crippen LogP contribution is -2.44. The second-order valence-corrected chi connectivity index (χ2v) is 24.3. The van der Waals surface area contributed by atoms with Gasteiger partial charge in [0.15, 0.2) is 0 Å². The van der Waals surface area contributed by atoms with Crippen LogP contribution in [0.15, 0.2) is 0 Å². The average molecular weight is 884 g/mol. The number of hydrogen-bond donors (Lipinski definition) is 0. The van der Waals surface area contributed by atoms with E-state index >= 15 is 0 Å². The highest BCUT2D eigenvalue weighted by atomic mass is 14.5. The number of fused-ring (bicyclic) bond motifs is 8. The van der Waals surface area contributed by atoms with E-state index in [4.69, 9.17) is 16.4 Å². The van der Waals surface area contributed by atoms with E-state index in [0.717, 1.165) is 116 Å². The molecule has 16 aliphatic rings. The first-order valence-electron chi connectivity index (χ1n) is 34.9. The Morgan fingerprint density at radius 1 is 0.286 bits per heavy atom. The van der Waals surface area contributed by atoms with Gasteiger partial charge in [0, 0.05) is 16.4 Å². The van der Waals surface area contributed by atoms with E-state index in [1.54, 1.807) is 34.6 Å². The van der Waals surface area contributed by atoms with Gasteiger partial charge in [-0.05, 0) is 228 Å². The molecule has 0 aliphatic heterocycles. The maximum atomic E-state index is 7.97. The summed E-state index contributed by atoms with van der Waals surface area (Å²) in [4.78, 5) is 0. The lowest BCUT2D eigenvalue weighted by atomic mass is 9.51. The monoisotopic (exact) mass is 883 g/mol. The van der Waals surface area contributed by atoms with Gasteiger partial charge in [0.1, 0.15) is 0 Å². The fourth-order valence-corrected chi connectivity index (χ4v) is 17.4. The summed E-state index contributed by atoms with van der Waals surface area (Å²) < 4.78 is 92.8. The zero-order chi connectivity index (χ0) is 54.9. The van der Waals surface area contributed by atoms with Crippen molar-refractivity contribution in [1.82, 2.24) is 0 Å². The molecule has 0 amide bonds. The molecule has 0 heterocycles. The Balaban J connectivity index is 0.000000128. The predicted molar refractivity (Wildman–Crippen MR) is 277 cm³/mol. The SMILES string of the molecule is [2H]C([2H])(C)C1C2CC3CC(C2)CC1C3.[2H]C([2H])(C)C1C2CCC1C2.[2H]C([2H])(C)C1C2CCC1CC2.[2H]C([2H])(C)C1CC2CCC1C2.[2H]C([2H])(C)C1CC2CCC1CC2.[2H]C1(CC)CCCC1.[2H]C1(CC)CCCCC1. The molecule has 6 unspecified atom stereocenters. The van der Waals surface area contributed by atoms with Crippen LogP contribution in [0.2, 0.25) is 0 Å². The first-order valence-corrected chi connectivity index (χ1v) is 28.9. The minimum Gasteiger partial charge on any atom is -0.0651 e. The molecule has 0 N–H and O–H groups in total. The van der Waals surface area contributed by atoms with Crippen molar-refractivity contribution in [2.45, 2.75) is 286 Å². The molecular formula is C63H114. The van der Waals surface area contributed by atoms with E-state index in [1.165, 1.54) is 154 Å².